The summed E-state index contributed by atoms with van der Waals surface area (Å²) in [5.74, 6) is 0.944. The summed E-state index contributed by atoms with van der Waals surface area (Å²) in [7, 11) is 1.72. The van der Waals surface area contributed by atoms with Crippen LogP contribution in [0.15, 0.2) is 18.2 Å². The van der Waals surface area contributed by atoms with Crippen molar-refractivity contribution in [1.82, 2.24) is 5.32 Å². The van der Waals surface area contributed by atoms with Crippen LogP contribution in [0.5, 0.6) is 5.75 Å². The van der Waals surface area contributed by atoms with Gasteiger partial charge < -0.3 is 10.1 Å². The first kappa shape index (κ1) is 13.4. The molecule has 0 amide bonds. The Hall–Kier alpha value is -1.06. The highest BCUT2D eigenvalue weighted by Crippen LogP contribution is 2.34. The maximum Gasteiger partial charge on any atom is 0.120 e. The highest BCUT2D eigenvalue weighted by molar-refractivity contribution is 7.19. The minimum Gasteiger partial charge on any atom is -0.497 e. The van der Waals surface area contributed by atoms with Gasteiger partial charge in [0.2, 0.25) is 0 Å². The van der Waals surface area contributed by atoms with Gasteiger partial charge in [-0.05, 0) is 48.5 Å². The van der Waals surface area contributed by atoms with Crippen LogP contribution < -0.4 is 10.1 Å². The van der Waals surface area contributed by atoms with Crippen LogP contribution in [0.1, 0.15) is 30.7 Å². The summed E-state index contributed by atoms with van der Waals surface area (Å²) in [6, 6.07) is 6.38. The van der Waals surface area contributed by atoms with E-state index in [1.807, 2.05) is 11.3 Å². The van der Waals surface area contributed by atoms with Gasteiger partial charge in [-0.2, -0.15) is 0 Å². The van der Waals surface area contributed by atoms with Gasteiger partial charge in [0, 0.05) is 16.1 Å². The number of thiophene rings is 1. The summed E-state index contributed by atoms with van der Waals surface area (Å²) >= 11 is 1.89. The smallest absolute Gasteiger partial charge is 0.120 e. The highest BCUT2D eigenvalue weighted by Gasteiger charge is 2.10. The predicted octanol–water partition coefficient (Wildman–Crippen LogP) is 3.97. The van der Waals surface area contributed by atoms with Crippen molar-refractivity contribution in [3.05, 3.63) is 28.6 Å². The molecule has 2 aromatic rings. The quantitative estimate of drug-likeness (QED) is 0.796. The van der Waals surface area contributed by atoms with Crippen molar-refractivity contribution < 1.29 is 4.74 Å². The summed E-state index contributed by atoms with van der Waals surface area (Å²) in [5.41, 5.74) is 1.49. The third-order valence-corrected chi connectivity index (χ3v) is 4.34. The molecular formula is C15H21NOS. The number of ether oxygens (including phenoxy) is 1. The molecule has 98 valence electrons. The van der Waals surface area contributed by atoms with E-state index in [-0.39, 0.29) is 0 Å². The van der Waals surface area contributed by atoms with Crippen LogP contribution in [0.4, 0.5) is 0 Å². The Kier molecular flexibility index (Phi) is 4.61. The second kappa shape index (κ2) is 6.21. The molecule has 0 bridgehead atoms. The Morgan fingerprint density at radius 1 is 1.28 bits per heavy atom. The van der Waals surface area contributed by atoms with Gasteiger partial charge in [0.15, 0.2) is 0 Å². The maximum atomic E-state index is 5.29. The number of rotatable bonds is 6. The zero-order valence-electron chi connectivity index (χ0n) is 11.4. The summed E-state index contributed by atoms with van der Waals surface area (Å²) in [6.45, 7) is 6.50. The Labute approximate surface area is 113 Å². The topological polar surface area (TPSA) is 21.3 Å². The van der Waals surface area contributed by atoms with Crippen LogP contribution in [0, 0.1) is 0 Å². The lowest BCUT2D eigenvalue weighted by Gasteiger charge is -2.03. The molecule has 18 heavy (non-hydrogen) atoms. The minimum atomic E-state index is 0.944. The van der Waals surface area contributed by atoms with Crippen molar-refractivity contribution in [2.45, 2.75) is 33.2 Å². The van der Waals surface area contributed by atoms with E-state index in [2.05, 4.69) is 37.4 Å². The van der Waals surface area contributed by atoms with E-state index in [0.29, 0.717) is 0 Å². The molecule has 0 aliphatic carbocycles. The lowest BCUT2D eigenvalue weighted by atomic mass is 10.1. The van der Waals surface area contributed by atoms with Crippen molar-refractivity contribution in [2.75, 3.05) is 13.7 Å². The molecule has 2 nitrogen and oxygen atoms in total. The molecule has 0 unspecified atom stereocenters. The second-order valence-corrected chi connectivity index (χ2v) is 5.53. The van der Waals surface area contributed by atoms with E-state index in [9.17, 15) is 0 Å². The lowest BCUT2D eigenvalue weighted by molar-refractivity contribution is 0.415. The highest BCUT2D eigenvalue weighted by atomic mass is 32.1. The number of hydrogen-bond acceptors (Lipinski definition) is 3. The van der Waals surface area contributed by atoms with Crippen LogP contribution >= 0.6 is 11.3 Å². The normalized spacial score (nSPS) is 11.1. The van der Waals surface area contributed by atoms with E-state index in [1.54, 1.807) is 7.11 Å². The van der Waals surface area contributed by atoms with Gasteiger partial charge in [0.1, 0.15) is 5.75 Å². The second-order valence-electron chi connectivity index (χ2n) is 4.40. The molecule has 1 heterocycles. The number of fused-ring (bicyclic) bond motifs is 1. The third kappa shape index (κ3) is 2.68. The molecule has 0 saturated heterocycles. The van der Waals surface area contributed by atoms with Gasteiger partial charge in [0.25, 0.3) is 0 Å². The Morgan fingerprint density at radius 2 is 2.11 bits per heavy atom. The van der Waals surface area contributed by atoms with Crippen LogP contribution in [0.2, 0.25) is 0 Å². The number of nitrogens with one attached hydrogen (secondary N) is 1. The summed E-state index contributed by atoms with van der Waals surface area (Å²) in [4.78, 5) is 1.47. The average Bonchev–Trinajstić information content (AvgIpc) is 2.75. The monoisotopic (exact) mass is 263 g/mol. The Morgan fingerprint density at radius 3 is 2.78 bits per heavy atom. The van der Waals surface area contributed by atoms with E-state index in [1.165, 1.54) is 26.9 Å². The van der Waals surface area contributed by atoms with Crippen LogP contribution in [0.25, 0.3) is 10.1 Å². The number of benzene rings is 1. The van der Waals surface area contributed by atoms with Gasteiger partial charge in [0.05, 0.1) is 7.11 Å². The minimum absolute atomic E-state index is 0.944. The Balaban J connectivity index is 2.34. The molecule has 0 spiro atoms. The van der Waals surface area contributed by atoms with Crippen molar-refractivity contribution in [3.63, 3.8) is 0 Å². The standard InChI is InChI=1S/C15H21NOS/c1-4-8-16-10-15-12(5-2)13-7-6-11(17-3)9-14(13)18-15/h6-7,9,16H,4-5,8,10H2,1-3H3. The van der Waals surface area contributed by atoms with Crippen LogP contribution in [-0.2, 0) is 13.0 Å². The first-order chi connectivity index (χ1) is 8.80. The largest absolute Gasteiger partial charge is 0.497 e. The number of aryl methyl sites for hydroxylation is 1. The average molecular weight is 263 g/mol. The van der Waals surface area contributed by atoms with E-state index >= 15 is 0 Å². The fourth-order valence-electron chi connectivity index (χ4n) is 2.22. The lowest BCUT2D eigenvalue weighted by Crippen LogP contribution is -2.13. The molecule has 1 aromatic heterocycles. The molecule has 1 aromatic carbocycles. The van der Waals surface area contributed by atoms with E-state index in [0.717, 1.165) is 25.3 Å². The predicted molar refractivity (Wildman–Crippen MR) is 79.8 cm³/mol. The SMILES string of the molecule is CCCNCc1sc2cc(OC)ccc2c1CC. The van der Waals surface area contributed by atoms with E-state index < -0.39 is 0 Å². The third-order valence-electron chi connectivity index (χ3n) is 3.15. The van der Waals surface area contributed by atoms with Crippen molar-refractivity contribution >= 4 is 21.4 Å². The molecular weight excluding hydrogens is 242 g/mol. The first-order valence-corrected chi connectivity index (χ1v) is 7.40. The number of hydrogen-bond donors (Lipinski definition) is 1. The van der Waals surface area contributed by atoms with Crippen molar-refractivity contribution in [2.24, 2.45) is 0 Å². The van der Waals surface area contributed by atoms with Gasteiger partial charge in [-0.15, -0.1) is 11.3 Å². The van der Waals surface area contributed by atoms with Crippen molar-refractivity contribution in [1.29, 1.82) is 0 Å². The summed E-state index contributed by atoms with van der Waals surface area (Å²) < 4.78 is 6.63. The zero-order chi connectivity index (χ0) is 13.0. The molecule has 3 heteroatoms. The molecule has 0 aliphatic rings. The molecule has 2 rings (SSSR count). The van der Waals surface area contributed by atoms with Gasteiger partial charge in [-0.1, -0.05) is 13.8 Å². The van der Waals surface area contributed by atoms with Gasteiger partial charge in [-0.3, -0.25) is 0 Å². The summed E-state index contributed by atoms with van der Waals surface area (Å²) in [5, 5.41) is 4.88. The molecule has 0 radical (unpaired) electrons. The van der Waals surface area contributed by atoms with Crippen molar-refractivity contribution in [3.8, 4) is 5.75 Å². The van der Waals surface area contributed by atoms with Crippen LogP contribution in [-0.4, -0.2) is 13.7 Å². The summed E-state index contributed by atoms with van der Waals surface area (Å²) in [6.07, 6.45) is 2.27. The zero-order valence-corrected chi connectivity index (χ0v) is 12.2. The van der Waals surface area contributed by atoms with Gasteiger partial charge >= 0.3 is 0 Å². The fraction of sp³-hybridized carbons (Fsp3) is 0.467. The first-order valence-electron chi connectivity index (χ1n) is 6.59. The molecule has 0 aliphatic heterocycles. The van der Waals surface area contributed by atoms with Gasteiger partial charge in [-0.25, -0.2) is 0 Å². The molecule has 0 fully saturated rings. The maximum absolute atomic E-state index is 5.29. The molecule has 1 N–H and O–H groups in total. The molecule has 0 atom stereocenters. The fourth-order valence-corrected chi connectivity index (χ4v) is 3.51. The Bertz CT molecular complexity index is 518. The van der Waals surface area contributed by atoms with Crippen LogP contribution in [0.3, 0.4) is 0 Å². The molecule has 0 saturated carbocycles. The van der Waals surface area contributed by atoms with E-state index in [4.69, 9.17) is 4.74 Å². The number of methoxy groups -OCH3 is 1.